The lowest BCUT2D eigenvalue weighted by atomic mass is 9.88. The molecule has 1 fully saturated rings. The van der Waals surface area contributed by atoms with Crippen molar-refractivity contribution in [1.82, 2.24) is 25.8 Å². The number of aliphatic hydroxyl groups excluding tert-OH is 1. The first-order valence-electron chi connectivity index (χ1n) is 8.50. The van der Waals surface area contributed by atoms with Crippen LogP contribution in [-0.4, -0.2) is 68.8 Å². The number of carbonyl (C=O) groups is 2. The Kier molecular flexibility index (Phi) is 4.63. The van der Waals surface area contributed by atoms with Crippen LogP contribution in [0.3, 0.4) is 0 Å². The second-order valence-corrected chi connectivity index (χ2v) is 6.88. The Hall–Kier alpha value is -2.97. The van der Waals surface area contributed by atoms with Crippen molar-refractivity contribution in [2.45, 2.75) is 37.9 Å². The van der Waals surface area contributed by atoms with E-state index in [1.54, 1.807) is 13.0 Å². The minimum Gasteiger partial charge on any atom is -0.506 e. The molecule has 1 saturated heterocycles. The van der Waals surface area contributed by atoms with E-state index in [4.69, 9.17) is 5.26 Å². The number of carbonyl (C=O) groups excluding carboxylic acids is 2. The van der Waals surface area contributed by atoms with Crippen LogP contribution in [0.15, 0.2) is 23.4 Å². The Morgan fingerprint density at radius 1 is 1.52 bits per heavy atom. The first-order chi connectivity index (χ1) is 12.7. The van der Waals surface area contributed by atoms with Crippen molar-refractivity contribution in [2.75, 3.05) is 13.6 Å². The van der Waals surface area contributed by atoms with Gasteiger partial charge in [0.2, 0.25) is 5.91 Å². The van der Waals surface area contributed by atoms with E-state index in [2.05, 4.69) is 16.0 Å². The van der Waals surface area contributed by atoms with Crippen molar-refractivity contribution < 1.29 is 24.9 Å². The Balaban J connectivity index is 1.98. The third-order valence-electron chi connectivity index (χ3n) is 5.16. The van der Waals surface area contributed by atoms with Crippen molar-refractivity contribution in [1.29, 1.82) is 5.26 Å². The molecule has 11 heteroatoms. The molecular formula is C16H22N6O5. The molecule has 27 heavy (non-hydrogen) atoms. The Labute approximate surface area is 155 Å². The summed E-state index contributed by atoms with van der Waals surface area (Å²) in [5.74, 6) is -3.43. The number of aliphatic hydroxyl groups is 3. The SMILES string of the molecule is CC1CCN(C(=O)CC#N)C(O)(O)C1N(C)C1=C2C(O)=CNC2NC(=O)N1. The number of nitrogens with one attached hydrogen (secondary N) is 3. The number of nitrogens with zero attached hydrogens (tertiary/aromatic N) is 3. The maximum absolute atomic E-state index is 12.2. The first kappa shape index (κ1) is 18.8. The highest BCUT2D eigenvalue weighted by Crippen LogP contribution is 2.35. The zero-order chi connectivity index (χ0) is 19.9. The number of urea groups is 1. The summed E-state index contributed by atoms with van der Waals surface area (Å²) < 4.78 is 0. The fourth-order valence-corrected chi connectivity index (χ4v) is 3.91. The van der Waals surface area contributed by atoms with Gasteiger partial charge in [-0.15, -0.1) is 0 Å². The maximum atomic E-state index is 12.2. The lowest BCUT2D eigenvalue weighted by Crippen LogP contribution is -2.69. The molecule has 0 aromatic rings. The van der Waals surface area contributed by atoms with Gasteiger partial charge in [0.15, 0.2) is 0 Å². The van der Waals surface area contributed by atoms with Crippen LogP contribution in [0, 0.1) is 17.2 Å². The number of piperidine rings is 1. The maximum Gasteiger partial charge on any atom is 0.322 e. The van der Waals surface area contributed by atoms with E-state index < -0.39 is 36.5 Å². The van der Waals surface area contributed by atoms with Crippen LogP contribution in [0.5, 0.6) is 0 Å². The number of amides is 3. The van der Waals surface area contributed by atoms with E-state index in [-0.39, 0.29) is 24.0 Å². The van der Waals surface area contributed by atoms with Crippen molar-refractivity contribution in [3.8, 4) is 6.07 Å². The number of nitriles is 1. The van der Waals surface area contributed by atoms with Gasteiger partial charge >= 0.3 is 6.03 Å². The van der Waals surface area contributed by atoms with Crippen LogP contribution >= 0.6 is 0 Å². The highest BCUT2D eigenvalue weighted by molar-refractivity contribution is 5.80. The molecule has 0 aliphatic carbocycles. The summed E-state index contributed by atoms with van der Waals surface area (Å²) in [6, 6.07) is 0.178. The van der Waals surface area contributed by atoms with Gasteiger partial charge in [-0.25, -0.2) is 4.79 Å². The van der Waals surface area contributed by atoms with Crippen LogP contribution < -0.4 is 16.0 Å². The molecule has 6 N–H and O–H groups in total. The molecule has 3 amide bonds. The molecule has 0 bridgehead atoms. The molecule has 0 aromatic heterocycles. The molecule has 0 aromatic carbocycles. The summed E-state index contributed by atoms with van der Waals surface area (Å²) in [6.07, 6.45) is 0.669. The number of rotatable bonds is 3. The van der Waals surface area contributed by atoms with Crippen molar-refractivity contribution in [3.63, 3.8) is 0 Å². The van der Waals surface area contributed by atoms with Gasteiger partial charge in [0.25, 0.3) is 5.91 Å². The van der Waals surface area contributed by atoms with Gasteiger partial charge in [0.05, 0.1) is 11.6 Å². The lowest BCUT2D eigenvalue weighted by molar-refractivity contribution is -0.305. The van der Waals surface area contributed by atoms with E-state index in [1.165, 1.54) is 18.1 Å². The van der Waals surface area contributed by atoms with Gasteiger partial charge in [0, 0.05) is 19.8 Å². The van der Waals surface area contributed by atoms with Crippen LogP contribution in [0.2, 0.25) is 0 Å². The summed E-state index contributed by atoms with van der Waals surface area (Å²) in [5.41, 5.74) is 0.348. The summed E-state index contributed by atoms with van der Waals surface area (Å²) >= 11 is 0. The summed E-state index contributed by atoms with van der Waals surface area (Å²) in [6.45, 7) is 1.89. The number of fused-ring (bicyclic) bond motifs is 1. The second kappa shape index (κ2) is 6.64. The number of likely N-dealkylation sites (N-methyl/N-ethyl adjacent to an activating group) is 1. The van der Waals surface area contributed by atoms with E-state index in [0.29, 0.717) is 12.0 Å². The van der Waals surface area contributed by atoms with Gasteiger partial charge in [-0.2, -0.15) is 5.26 Å². The van der Waals surface area contributed by atoms with Crippen LogP contribution in [-0.2, 0) is 4.79 Å². The number of hydrogen-bond acceptors (Lipinski definition) is 8. The molecule has 3 atom stereocenters. The molecule has 3 aliphatic heterocycles. The smallest absolute Gasteiger partial charge is 0.322 e. The molecule has 146 valence electrons. The topological polar surface area (TPSA) is 161 Å². The Morgan fingerprint density at radius 3 is 2.89 bits per heavy atom. The average Bonchev–Trinajstić information content (AvgIpc) is 2.94. The summed E-state index contributed by atoms with van der Waals surface area (Å²) in [7, 11) is 1.54. The number of hydrogen-bond donors (Lipinski definition) is 6. The molecule has 0 spiro atoms. The monoisotopic (exact) mass is 378 g/mol. The first-order valence-corrected chi connectivity index (χ1v) is 8.50. The van der Waals surface area contributed by atoms with Gasteiger partial charge in [-0.3, -0.25) is 15.0 Å². The van der Waals surface area contributed by atoms with E-state index in [9.17, 15) is 24.9 Å². The van der Waals surface area contributed by atoms with Crippen LogP contribution in [0.4, 0.5) is 4.79 Å². The highest BCUT2D eigenvalue weighted by Gasteiger charge is 2.52. The molecule has 3 unspecified atom stereocenters. The van der Waals surface area contributed by atoms with E-state index >= 15 is 0 Å². The predicted octanol–water partition coefficient (Wildman–Crippen LogP) is -1.44. The minimum atomic E-state index is -2.57. The summed E-state index contributed by atoms with van der Waals surface area (Å²) in [5, 5.41) is 48.5. The lowest BCUT2D eigenvalue weighted by Gasteiger charge is -2.51. The van der Waals surface area contributed by atoms with E-state index in [0.717, 1.165) is 4.90 Å². The number of likely N-dealkylation sites (tertiary alicyclic amines) is 1. The molecule has 3 rings (SSSR count). The molecule has 3 heterocycles. The standard InChI is InChI=1S/C16H22N6O5/c1-8-4-6-22(10(24)3-5-17)16(26,27)12(8)21(2)14-11-9(23)7-18-13(11)19-15(25)20-14/h7-8,12-13,18,23,26-27H,3-4,6H2,1-2H3,(H2,19,20,25). The second-order valence-electron chi connectivity index (χ2n) is 6.88. The zero-order valence-electron chi connectivity index (χ0n) is 14.9. The van der Waals surface area contributed by atoms with Crippen LogP contribution in [0.1, 0.15) is 19.8 Å². The van der Waals surface area contributed by atoms with Gasteiger partial charge in [0.1, 0.15) is 30.2 Å². The predicted molar refractivity (Wildman–Crippen MR) is 90.8 cm³/mol. The third kappa shape index (κ3) is 3.02. The fourth-order valence-electron chi connectivity index (χ4n) is 3.91. The highest BCUT2D eigenvalue weighted by atomic mass is 16.5. The normalized spacial score (nSPS) is 29.0. The Bertz CT molecular complexity index is 770. The fraction of sp³-hybridized carbons (Fsp3) is 0.562. The molecular weight excluding hydrogens is 356 g/mol. The van der Waals surface area contributed by atoms with Crippen molar-refractivity contribution in [3.05, 3.63) is 23.4 Å². The largest absolute Gasteiger partial charge is 0.506 e. The quantitative estimate of drug-likeness (QED) is 0.325. The third-order valence-corrected chi connectivity index (χ3v) is 5.16. The molecule has 3 aliphatic rings. The average molecular weight is 378 g/mol. The van der Waals surface area contributed by atoms with Gasteiger partial charge < -0.3 is 30.9 Å². The molecule has 11 nitrogen and oxygen atoms in total. The van der Waals surface area contributed by atoms with Crippen molar-refractivity contribution >= 4 is 11.9 Å². The zero-order valence-corrected chi connectivity index (χ0v) is 14.9. The summed E-state index contributed by atoms with van der Waals surface area (Å²) in [4.78, 5) is 26.4. The minimum absolute atomic E-state index is 0.0914. The van der Waals surface area contributed by atoms with Gasteiger partial charge in [-0.1, -0.05) is 6.92 Å². The van der Waals surface area contributed by atoms with Gasteiger partial charge in [-0.05, 0) is 12.3 Å². The van der Waals surface area contributed by atoms with E-state index in [1.807, 2.05) is 0 Å². The Morgan fingerprint density at radius 2 is 2.22 bits per heavy atom. The molecule has 0 radical (unpaired) electrons. The molecule has 0 saturated carbocycles. The van der Waals surface area contributed by atoms with Crippen molar-refractivity contribution in [2.24, 2.45) is 5.92 Å². The van der Waals surface area contributed by atoms with Crippen LogP contribution in [0.25, 0.3) is 0 Å².